The third kappa shape index (κ3) is 5.80. The number of guanidine groups is 1. The van der Waals surface area contributed by atoms with Gasteiger partial charge < -0.3 is 15.4 Å². The van der Waals surface area contributed by atoms with Crippen molar-refractivity contribution in [2.75, 3.05) is 45.9 Å². The van der Waals surface area contributed by atoms with Gasteiger partial charge in [0.25, 0.3) is 0 Å². The lowest BCUT2D eigenvalue weighted by molar-refractivity contribution is 0.0179. The number of nitrogens with one attached hydrogen (secondary N) is 2. The molecule has 1 saturated heterocycles. The molecule has 1 heterocycles. The third-order valence-corrected chi connectivity index (χ3v) is 4.22. The first-order valence-electron chi connectivity index (χ1n) is 9.15. The predicted molar refractivity (Wildman–Crippen MR) is 101 cm³/mol. The summed E-state index contributed by atoms with van der Waals surface area (Å²) in [6.45, 7) is 12.5. The molecule has 1 aromatic carbocycles. The smallest absolute Gasteiger partial charge is 0.191 e. The zero-order valence-electron chi connectivity index (χ0n) is 15.3. The summed E-state index contributed by atoms with van der Waals surface area (Å²) in [5.74, 6) is 0.908. The lowest BCUT2D eigenvalue weighted by Crippen LogP contribution is -2.42. The summed E-state index contributed by atoms with van der Waals surface area (Å²) in [6.07, 6.45) is 1.09. The van der Waals surface area contributed by atoms with E-state index in [4.69, 9.17) is 9.73 Å². The second kappa shape index (κ2) is 10.3. The molecule has 0 saturated carbocycles. The average molecular weight is 332 g/mol. The minimum absolute atomic E-state index is 0.297. The lowest BCUT2D eigenvalue weighted by Gasteiger charge is -2.34. The van der Waals surface area contributed by atoms with Crippen LogP contribution in [-0.2, 0) is 4.74 Å². The SMILES string of the molecule is CCCNC(=NCC(c1cccc(C)c1)N1CCOCC1)NCC. The maximum atomic E-state index is 5.52. The van der Waals surface area contributed by atoms with Gasteiger partial charge in [0.15, 0.2) is 5.96 Å². The van der Waals surface area contributed by atoms with Crippen LogP contribution in [0.4, 0.5) is 0 Å². The van der Waals surface area contributed by atoms with Gasteiger partial charge in [0, 0.05) is 26.2 Å². The van der Waals surface area contributed by atoms with E-state index in [1.54, 1.807) is 0 Å². The van der Waals surface area contributed by atoms with Crippen molar-refractivity contribution < 1.29 is 4.74 Å². The van der Waals surface area contributed by atoms with Crippen LogP contribution in [0.15, 0.2) is 29.3 Å². The van der Waals surface area contributed by atoms with Gasteiger partial charge in [0.05, 0.1) is 25.8 Å². The van der Waals surface area contributed by atoms with Crippen LogP contribution in [0.3, 0.4) is 0 Å². The standard InChI is InChI=1S/C19H32N4O/c1-4-9-21-19(20-5-2)22-15-18(23-10-12-24-13-11-23)17-8-6-7-16(3)14-17/h6-8,14,18H,4-5,9-13,15H2,1-3H3,(H2,20,21,22). The molecule has 24 heavy (non-hydrogen) atoms. The molecule has 1 unspecified atom stereocenters. The van der Waals surface area contributed by atoms with Crippen LogP contribution in [0.1, 0.15) is 37.4 Å². The molecule has 0 amide bonds. The van der Waals surface area contributed by atoms with Crippen molar-refractivity contribution in [1.82, 2.24) is 15.5 Å². The van der Waals surface area contributed by atoms with Gasteiger partial charge >= 0.3 is 0 Å². The van der Waals surface area contributed by atoms with E-state index < -0.39 is 0 Å². The van der Waals surface area contributed by atoms with Gasteiger partial charge in [-0.25, -0.2) is 0 Å². The number of benzene rings is 1. The van der Waals surface area contributed by atoms with Gasteiger partial charge in [-0.3, -0.25) is 9.89 Å². The summed E-state index contributed by atoms with van der Waals surface area (Å²) in [7, 11) is 0. The Morgan fingerprint density at radius 2 is 2.04 bits per heavy atom. The molecule has 2 N–H and O–H groups in total. The quantitative estimate of drug-likeness (QED) is 0.594. The largest absolute Gasteiger partial charge is 0.379 e. The maximum absolute atomic E-state index is 5.52. The molecule has 1 fully saturated rings. The fourth-order valence-electron chi connectivity index (χ4n) is 2.96. The van der Waals surface area contributed by atoms with Crippen molar-refractivity contribution in [1.29, 1.82) is 0 Å². The molecule has 0 aliphatic carbocycles. The Hall–Kier alpha value is -1.59. The average Bonchev–Trinajstić information content (AvgIpc) is 2.61. The number of aliphatic imine (C=N–C) groups is 1. The van der Waals surface area contributed by atoms with Crippen molar-refractivity contribution >= 4 is 5.96 Å². The molecule has 1 atom stereocenters. The lowest BCUT2D eigenvalue weighted by atomic mass is 10.0. The number of ether oxygens (including phenoxy) is 1. The van der Waals surface area contributed by atoms with Crippen LogP contribution in [0, 0.1) is 6.92 Å². The first kappa shape index (κ1) is 18.7. The highest BCUT2D eigenvalue weighted by Gasteiger charge is 2.22. The van der Waals surface area contributed by atoms with E-state index in [2.05, 4.69) is 60.6 Å². The van der Waals surface area contributed by atoms with Crippen LogP contribution in [0.2, 0.25) is 0 Å². The van der Waals surface area contributed by atoms with E-state index in [0.717, 1.165) is 58.3 Å². The fraction of sp³-hybridized carbons (Fsp3) is 0.632. The summed E-state index contributed by atoms with van der Waals surface area (Å²) in [5, 5.41) is 6.72. The highest BCUT2D eigenvalue weighted by Crippen LogP contribution is 2.23. The highest BCUT2D eigenvalue weighted by atomic mass is 16.5. The second-order valence-electron chi connectivity index (χ2n) is 6.22. The molecule has 1 aliphatic rings. The third-order valence-electron chi connectivity index (χ3n) is 4.22. The number of hydrogen-bond acceptors (Lipinski definition) is 3. The first-order valence-corrected chi connectivity index (χ1v) is 9.15. The Morgan fingerprint density at radius 3 is 2.71 bits per heavy atom. The number of aryl methyl sites for hydroxylation is 1. The van der Waals surface area contributed by atoms with E-state index in [0.29, 0.717) is 6.04 Å². The molecule has 5 nitrogen and oxygen atoms in total. The predicted octanol–water partition coefficient (Wildman–Crippen LogP) is 2.33. The zero-order valence-corrected chi connectivity index (χ0v) is 15.3. The van der Waals surface area contributed by atoms with Crippen LogP contribution in [-0.4, -0.2) is 56.8 Å². The number of rotatable bonds is 7. The molecule has 0 bridgehead atoms. The topological polar surface area (TPSA) is 48.9 Å². The molecule has 1 aliphatic heterocycles. The molecule has 5 heteroatoms. The van der Waals surface area contributed by atoms with Crippen molar-refractivity contribution in [2.45, 2.75) is 33.2 Å². The summed E-state index contributed by atoms with van der Waals surface area (Å²) < 4.78 is 5.52. The minimum Gasteiger partial charge on any atom is -0.379 e. The molecule has 0 radical (unpaired) electrons. The molecular weight excluding hydrogens is 300 g/mol. The summed E-state index contributed by atoms with van der Waals surface area (Å²) in [6, 6.07) is 9.08. The van der Waals surface area contributed by atoms with Gasteiger partial charge in [-0.05, 0) is 25.8 Å². The molecular formula is C19H32N4O. The van der Waals surface area contributed by atoms with E-state index >= 15 is 0 Å². The Bertz CT molecular complexity index is 512. The Balaban J connectivity index is 2.15. The Kier molecular flexibility index (Phi) is 8.05. The Morgan fingerprint density at radius 1 is 1.25 bits per heavy atom. The van der Waals surface area contributed by atoms with Gasteiger partial charge in [-0.1, -0.05) is 36.8 Å². The maximum Gasteiger partial charge on any atom is 0.191 e. The van der Waals surface area contributed by atoms with Gasteiger partial charge in [0.2, 0.25) is 0 Å². The van der Waals surface area contributed by atoms with Crippen LogP contribution < -0.4 is 10.6 Å². The molecule has 1 aromatic rings. The highest BCUT2D eigenvalue weighted by molar-refractivity contribution is 5.79. The van der Waals surface area contributed by atoms with Gasteiger partial charge in [-0.15, -0.1) is 0 Å². The Labute approximate surface area is 146 Å². The molecule has 0 spiro atoms. The zero-order chi connectivity index (χ0) is 17.2. The van der Waals surface area contributed by atoms with Crippen molar-refractivity contribution in [3.05, 3.63) is 35.4 Å². The first-order chi connectivity index (χ1) is 11.7. The van der Waals surface area contributed by atoms with Gasteiger partial charge in [-0.2, -0.15) is 0 Å². The normalized spacial score (nSPS) is 17.5. The van der Waals surface area contributed by atoms with Crippen molar-refractivity contribution in [2.24, 2.45) is 4.99 Å². The van der Waals surface area contributed by atoms with Gasteiger partial charge in [0.1, 0.15) is 0 Å². The molecule has 134 valence electrons. The molecule has 0 aromatic heterocycles. The van der Waals surface area contributed by atoms with E-state index in [9.17, 15) is 0 Å². The van der Waals surface area contributed by atoms with E-state index in [-0.39, 0.29) is 0 Å². The number of morpholine rings is 1. The summed E-state index contributed by atoms with van der Waals surface area (Å²) in [5.41, 5.74) is 2.64. The molecule has 2 rings (SSSR count). The van der Waals surface area contributed by atoms with Crippen LogP contribution in [0.25, 0.3) is 0 Å². The number of nitrogens with zero attached hydrogens (tertiary/aromatic N) is 2. The van der Waals surface area contributed by atoms with E-state index in [1.807, 2.05) is 0 Å². The summed E-state index contributed by atoms with van der Waals surface area (Å²) >= 11 is 0. The number of hydrogen-bond donors (Lipinski definition) is 2. The summed E-state index contributed by atoms with van der Waals surface area (Å²) in [4.78, 5) is 7.34. The van der Waals surface area contributed by atoms with Crippen LogP contribution in [0.5, 0.6) is 0 Å². The van der Waals surface area contributed by atoms with Crippen molar-refractivity contribution in [3.63, 3.8) is 0 Å². The van der Waals surface area contributed by atoms with Crippen LogP contribution >= 0.6 is 0 Å². The van der Waals surface area contributed by atoms with E-state index in [1.165, 1.54) is 11.1 Å². The minimum atomic E-state index is 0.297. The fourth-order valence-corrected chi connectivity index (χ4v) is 2.96. The monoisotopic (exact) mass is 332 g/mol. The van der Waals surface area contributed by atoms with Crippen molar-refractivity contribution in [3.8, 4) is 0 Å². The second-order valence-corrected chi connectivity index (χ2v) is 6.22.